The van der Waals surface area contributed by atoms with Crippen molar-refractivity contribution in [2.75, 3.05) is 53.2 Å². The van der Waals surface area contributed by atoms with Crippen LogP contribution in [0.4, 0.5) is 0 Å². The molecule has 10 nitrogen and oxygen atoms in total. The number of fused-ring (bicyclic) bond motifs is 1. The van der Waals surface area contributed by atoms with Gasteiger partial charge in [-0.05, 0) is 36.8 Å². The molecule has 42 heavy (non-hydrogen) atoms. The number of hydrogen-bond donors (Lipinski definition) is 0. The maximum Gasteiger partial charge on any atom is 0.338 e. The first-order valence-corrected chi connectivity index (χ1v) is 14.6. The molecule has 1 unspecified atom stereocenters. The average Bonchev–Trinajstić information content (AvgIpc) is 3.30. The Morgan fingerprint density at radius 1 is 1.12 bits per heavy atom. The summed E-state index contributed by atoms with van der Waals surface area (Å²) in [4.78, 5) is 46.6. The summed E-state index contributed by atoms with van der Waals surface area (Å²) in [7, 11) is 1.52. The number of amides is 1. The minimum absolute atomic E-state index is 0.0642. The number of methoxy groups -OCH3 is 1. The molecule has 12 heteroatoms. The molecule has 0 saturated carbocycles. The van der Waals surface area contributed by atoms with E-state index in [0.29, 0.717) is 63.2 Å². The summed E-state index contributed by atoms with van der Waals surface area (Å²) >= 11 is 7.35. The van der Waals surface area contributed by atoms with Gasteiger partial charge in [-0.25, -0.2) is 9.79 Å². The number of benzene rings is 2. The zero-order valence-corrected chi connectivity index (χ0v) is 24.8. The molecule has 220 valence electrons. The number of rotatable bonds is 9. The molecule has 3 aromatic rings. The van der Waals surface area contributed by atoms with Crippen molar-refractivity contribution < 1.29 is 28.5 Å². The van der Waals surface area contributed by atoms with Gasteiger partial charge in [0.15, 0.2) is 11.4 Å². The maximum atomic E-state index is 13.9. The highest BCUT2D eigenvalue weighted by molar-refractivity contribution is 7.07. The second kappa shape index (κ2) is 13.5. The van der Waals surface area contributed by atoms with Crippen molar-refractivity contribution in [1.29, 1.82) is 0 Å². The number of esters is 1. The van der Waals surface area contributed by atoms with Crippen molar-refractivity contribution in [2.24, 2.45) is 4.99 Å². The fourth-order valence-corrected chi connectivity index (χ4v) is 5.92. The molecular formula is C30H30ClN3O7S. The Balaban J connectivity index is 1.51. The number of halogens is 1. The van der Waals surface area contributed by atoms with Crippen molar-refractivity contribution in [3.8, 4) is 5.75 Å². The molecule has 2 aliphatic heterocycles. The van der Waals surface area contributed by atoms with Crippen LogP contribution in [0.3, 0.4) is 0 Å². The molecular weight excluding hydrogens is 582 g/mol. The Labute approximate surface area is 251 Å². The van der Waals surface area contributed by atoms with Gasteiger partial charge in [-0.1, -0.05) is 53.3 Å². The summed E-state index contributed by atoms with van der Waals surface area (Å²) in [6, 6.07) is 13.4. The third kappa shape index (κ3) is 6.49. The quantitative estimate of drug-likeness (QED) is 0.270. The highest BCUT2D eigenvalue weighted by Gasteiger charge is 2.33. The number of nitrogens with zero attached hydrogens (tertiary/aromatic N) is 3. The van der Waals surface area contributed by atoms with Crippen LogP contribution in [-0.4, -0.2) is 74.6 Å². The summed E-state index contributed by atoms with van der Waals surface area (Å²) in [5.41, 5.74) is 1.71. The van der Waals surface area contributed by atoms with E-state index in [0.717, 1.165) is 0 Å². The lowest BCUT2D eigenvalue weighted by molar-refractivity contribution is -0.141. The lowest BCUT2D eigenvalue weighted by Gasteiger charge is -2.26. The van der Waals surface area contributed by atoms with E-state index in [4.69, 9.17) is 30.5 Å². The molecule has 2 aromatic carbocycles. The Kier molecular flexibility index (Phi) is 9.53. The first kappa shape index (κ1) is 29.7. The van der Waals surface area contributed by atoms with Crippen LogP contribution in [0.25, 0.3) is 6.08 Å². The van der Waals surface area contributed by atoms with Crippen LogP contribution in [0.2, 0.25) is 5.02 Å². The third-order valence-corrected chi connectivity index (χ3v) is 8.10. The van der Waals surface area contributed by atoms with Crippen molar-refractivity contribution in [1.82, 2.24) is 9.47 Å². The van der Waals surface area contributed by atoms with Gasteiger partial charge >= 0.3 is 5.97 Å². The summed E-state index contributed by atoms with van der Waals surface area (Å²) in [6.45, 7) is 3.97. The first-order chi connectivity index (χ1) is 20.4. The molecule has 1 atom stereocenters. The summed E-state index contributed by atoms with van der Waals surface area (Å²) in [5.74, 6) is -0.236. The van der Waals surface area contributed by atoms with Gasteiger partial charge < -0.3 is 23.8 Å². The highest BCUT2D eigenvalue weighted by atomic mass is 35.5. The number of aromatic nitrogens is 1. The summed E-state index contributed by atoms with van der Waals surface area (Å²) in [6.07, 6.45) is 1.72. The van der Waals surface area contributed by atoms with Crippen LogP contribution >= 0.6 is 22.9 Å². The molecule has 1 aromatic heterocycles. The number of allylic oxidation sites excluding steroid dienone is 1. The van der Waals surface area contributed by atoms with E-state index < -0.39 is 12.0 Å². The zero-order valence-electron chi connectivity index (χ0n) is 23.2. The Morgan fingerprint density at radius 3 is 2.60 bits per heavy atom. The number of ether oxygens (including phenoxy) is 4. The monoisotopic (exact) mass is 611 g/mol. The van der Waals surface area contributed by atoms with Crippen LogP contribution in [-0.2, 0) is 23.8 Å². The average molecular weight is 612 g/mol. The molecule has 0 spiro atoms. The largest absolute Gasteiger partial charge is 0.483 e. The van der Waals surface area contributed by atoms with Gasteiger partial charge in [0.2, 0.25) is 0 Å². The van der Waals surface area contributed by atoms with E-state index in [2.05, 4.69) is 4.99 Å². The highest BCUT2D eigenvalue weighted by Crippen LogP contribution is 2.31. The predicted molar refractivity (Wildman–Crippen MR) is 157 cm³/mol. The number of carbonyl (C=O) groups excluding carboxylic acids is 2. The van der Waals surface area contributed by atoms with Gasteiger partial charge in [0.25, 0.3) is 11.5 Å². The predicted octanol–water partition coefficient (Wildman–Crippen LogP) is 2.32. The van der Waals surface area contributed by atoms with Crippen molar-refractivity contribution >= 4 is 40.9 Å². The van der Waals surface area contributed by atoms with E-state index in [1.54, 1.807) is 54.3 Å². The molecule has 1 fully saturated rings. The molecule has 2 aliphatic rings. The van der Waals surface area contributed by atoms with Crippen LogP contribution in [0.5, 0.6) is 5.75 Å². The van der Waals surface area contributed by atoms with Crippen LogP contribution < -0.4 is 19.6 Å². The molecule has 0 bridgehead atoms. The van der Waals surface area contributed by atoms with Gasteiger partial charge in [0, 0.05) is 30.8 Å². The number of carbonyl (C=O) groups is 2. The van der Waals surface area contributed by atoms with Gasteiger partial charge in [-0.15, -0.1) is 0 Å². The van der Waals surface area contributed by atoms with Crippen molar-refractivity contribution in [2.45, 2.75) is 13.0 Å². The van der Waals surface area contributed by atoms with E-state index >= 15 is 0 Å². The van der Waals surface area contributed by atoms with E-state index in [9.17, 15) is 14.4 Å². The van der Waals surface area contributed by atoms with Gasteiger partial charge in [-0.2, -0.15) is 0 Å². The molecule has 3 heterocycles. The Hall–Kier alpha value is -3.77. The van der Waals surface area contributed by atoms with E-state index in [1.165, 1.54) is 23.0 Å². The maximum absolute atomic E-state index is 13.9. The number of hydrogen-bond acceptors (Lipinski definition) is 9. The molecule has 1 saturated heterocycles. The summed E-state index contributed by atoms with van der Waals surface area (Å²) in [5, 5.41) is 0.528. The minimum atomic E-state index is -0.770. The van der Waals surface area contributed by atoms with Crippen LogP contribution in [0.15, 0.2) is 69.6 Å². The Bertz CT molecular complexity index is 1670. The van der Waals surface area contributed by atoms with Crippen molar-refractivity contribution in [3.05, 3.63) is 95.6 Å². The molecule has 5 rings (SSSR count). The molecule has 0 aliphatic carbocycles. The van der Waals surface area contributed by atoms with Gasteiger partial charge in [0.1, 0.15) is 12.4 Å². The lowest BCUT2D eigenvalue weighted by atomic mass is 9.96. The standard InChI is InChI=1S/C30H30ClN3O7S/c1-19-26(29(37)40-16-15-38-2)27(20-7-9-22(31)10-8-20)34-28(36)24(42-30(34)32-19)17-21-5-3-4-6-23(21)41-18-25(35)33-11-13-39-14-12-33/h3-10,17,27H,11-16,18H2,1-2H3. The topological polar surface area (TPSA) is 109 Å². The molecule has 0 radical (unpaired) electrons. The van der Waals surface area contributed by atoms with E-state index in [-0.39, 0.29) is 36.9 Å². The van der Waals surface area contributed by atoms with E-state index in [1.807, 2.05) is 12.1 Å². The van der Waals surface area contributed by atoms with Gasteiger partial charge in [-0.3, -0.25) is 14.2 Å². The Morgan fingerprint density at radius 2 is 1.86 bits per heavy atom. The minimum Gasteiger partial charge on any atom is -0.483 e. The molecule has 1 amide bonds. The number of morpholine rings is 1. The van der Waals surface area contributed by atoms with Crippen LogP contribution in [0.1, 0.15) is 24.1 Å². The third-order valence-electron chi connectivity index (χ3n) is 6.87. The number of para-hydroxylation sites is 1. The fourth-order valence-electron chi connectivity index (χ4n) is 4.75. The first-order valence-electron chi connectivity index (χ1n) is 13.4. The molecule has 0 N–H and O–H groups in total. The lowest BCUT2D eigenvalue weighted by Crippen LogP contribution is -2.43. The number of thiazole rings is 1. The fraction of sp³-hybridized carbons (Fsp3) is 0.333. The SMILES string of the molecule is COCCOC(=O)C1=C(C)N=c2sc(=Cc3ccccc3OCC(=O)N3CCOCC3)c(=O)n2C1c1ccc(Cl)cc1. The van der Waals surface area contributed by atoms with Crippen molar-refractivity contribution in [3.63, 3.8) is 0 Å². The second-order valence-electron chi connectivity index (χ2n) is 9.58. The van der Waals surface area contributed by atoms with Gasteiger partial charge in [0.05, 0.1) is 41.7 Å². The normalized spacial score (nSPS) is 17.1. The van der Waals surface area contributed by atoms with Crippen LogP contribution in [0, 0.1) is 0 Å². The smallest absolute Gasteiger partial charge is 0.338 e. The second-order valence-corrected chi connectivity index (χ2v) is 11.0. The summed E-state index contributed by atoms with van der Waals surface area (Å²) < 4.78 is 23.6. The zero-order chi connectivity index (χ0) is 29.6.